The van der Waals surface area contributed by atoms with Crippen molar-refractivity contribution in [3.63, 3.8) is 0 Å². The largest absolute Gasteiger partial charge is 0.441 e. The highest BCUT2D eigenvalue weighted by Crippen LogP contribution is 2.33. The van der Waals surface area contributed by atoms with Crippen LogP contribution in [0.4, 0.5) is 13.2 Å². The predicted octanol–water partition coefficient (Wildman–Crippen LogP) is 4.65. The Hall–Kier alpha value is -0.350. The van der Waals surface area contributed by atoms with Crippen LogP contribution in [0.5, 0.6) is 0 Å². The maximum atomic E-state index is 11.9. The van der Waals surface area contributed by atoms with Gasteiger partial charge in [-0.2, -0.15) is 13.2 Å². The Kier molecular flexibility index (Phi) is 5.49. The molecule has 0 bridgehead atoms. The predicted molar refractivity (Wildman–Crippen MR) is 63.0 cm³/mol. The first-order chi connectivity index (χ1) is 7.53. The van der Waals surface area contributed by atoms with Crippen molar-refractivity contribution in [2.24, 2.45) is 0 Å². The lowest BCUT2D eigenvalue weighted by Gasteiger charge is -2.14. The van der Waals surface area contributed by atoms with Crippen LogP contribution >= 0.6 is 23.4 Å². The highest BCUT2D eigenvalue weighted by atomic mass is 35.5. The van der Waals surface area contributed by atoms with E-state index >= 15 is 0 Å². The van der Waals surface area contributed by atoms with Crippen molar-refractivity contribution in [3.05, 3.63) is 35.9 Å². The summed E-state index contributed by atoms with van der Waals surface area (Å²) in [6, 6.07) is 9.40. The van der Waals surface area contributed by atoms with Gasteiger partial charge < -0.3 is 0 Å². The van der Waals surface area contributed by atoms with Gasteiger partial charge in [0.25, 0.3) is 0 Å². The molecule has 0 N–H and O–H groups in total. The molecule has 0 nitrogen and oxygen atoms in total. The Morgan fingerprint density at radius 1 is 1.19 bits per heavy atom. The van der Waals surface area contributed by atoms with E-state index in [0.29, 0.717) is 12.3 Å². The number of rotatable bonds is 5. The summed E-state index contributed by atoms with van der Waals surface area (Å²) in [6.07, 6.45) is 0.442. The fourth-order valence-electron chi connectivity index (χ4n) is 1.38. The van der Waals surface area contributed by atoms with Crippen LogP contribution < -0.4 is 0 Å². The smallest absolute Gasteiger partial charge is 0.160 e. The molecule has 1 aromatic carbocycles. The minimum absolute atomic E-state index is 0.00211. The van der Waals surface area contributed by atoms with Gasteiger partial charge in [0.1, 0.15) is 0 Å². The zero-order valence-electron chi connectivity index (χ0n) is 8.51. The first-order valence-electron chi connectivity index (χ1n) is 4.84. The molecule has 0 spiro atoms. The van der Waals surface area contributed by atoms with Crippen molar-refractivity contribution in [1.29, 1.82) is 0 Å². The molecule has 16 heavy (non-hydrogen) atoms. The van der Waals surface area contributed by atoms with Gasteiger partial charge in [-0.1, -0.05) is 42.1 Å². The Morgan fingerprint density at radius 2 is 1.81 bits per heavy atom. The molecule has 0 saturated heterocycles. The van der Waals surface area contributed by atoms with E-state index in [-0.39, 0.29) is 23.4 Å². The molecule has 0 saturated carbocycles. The number of hydrogen-bond donors (Lipinski definition) is 0. The van der Waals surface area contributed by atoms with Crippen molar-refractivity contribution >= 4 is 23.4 Å². The lowest BCUT2D eigenvalue weighted by molar-refractivity contribution is -0.0328. The second-order valence-corrected chi connectivity index (χ2v) is 4.81. The van der Waals surface area contributed by atoms with E-state index in [1.807, 2.05) is 30.3 Å². The van der Waals surface area contributed by atoms with Crippen LogP contribution in [0.2, 0.25) is 0 Å². The quantitative estimate of drug-likeness (QED) is 0.701. The first-order valence-corrected chi connectivity index (χ1v) is 6.36. The van der Waals surface area contributed by atoms with Crippen LogP contribution in [-0.2, 0) is 0 Å². The normalized spacial score (nSPS) is 13.8. The maximum Gasteiger partial charge on any atom is 0.441 e. The summed E-state index contributed by atoms with van der Waals surface area (Å²) in [5, 5.41) is 0. The Balaban J connectivity index is 2.45. The van der Waals surface area contributed by atoms with Crippen molar-refractivity contribution in [2.45, 2.75) is 17.8 Å². The van der Waals surface area contributed by atoms with Crippen molar-refractivity contribution < 1.29 is 13.2 Å². The summed E-state index contributed by atoms with van der Waals surface area (Å²) in [5.74, 6) is 0.399. The lowest BCUT2D eigenvalue weighted by Crippen LogP contribution is -2.06. The molecule has 0 amide bonds. The molecule has 0 aliphatic rings. The van der Waals surface area contributed by atoms with Gasteiger partial charge >= 0.3 is 5.51 Å². The molecule has 0 fully saturated rings. The highest BCUT2D eigenvalue weighted by molar-refractivity contribution is 8.00. The van der Waals surface area contributed by atoms with Gasteiger partial charge in [-0.3, -0.25) is 0 Å². The SMILES string of the molecule is FC(F)(F)SCCC(CCl)c1ccccc1. The van der Waals surface area contributed by atoms with Gasteiger partial charge in [0.15, 0.2) is 0 Å². The minimum Gasteiger partial charge on any atom is -0.160 e. The third-order valence-corrected chi connectivity index (χ3v) is 3.33. The molecular formula is C11H12ClF3S. The van der Waals surface area contributed by atoms with Gasteiger partial charge in [-0.25, -0.2) is 0 Å². The minimum atomic E-state index is -4.15. The van der Waals surface area contributed by atoms with E-state index in [1.165, 1.54) is 0 Å². The zero-order valence-corrected chi connectivity index (χ0v) is 10.1. The number of hydrogen-bond acceptors (Lipinski definition) is 1. The van der Waals surface area contributed by atoms with Crippen LogP contribution in [0, 0.1) is 0 Å². The van der Waals surface area contributed by atoms with Crippen LogP contribution in [0.3, 0.4) is 0 Å². The van der Waals surface area contributed by atoms with Crippen molar-refractivity contribution in [2.75, 3.05) is 11.6 Å². The number of halogens is 4. The lowest BCUT2D eigenvalue weighted by atomic mass is 9.99. The molecule has 0 radical (unpaired) electrons. The molecule has 0 heterocycles. The summed E-state index contributed by atoms with van der Waals surface area (Å²) >= 11 is 5.77. The van der Waals surface area contributed by atoms with Crippen LogP contribution in [0.25, 0.3) is 0 Å². The molecular weight excluding hydrogens is 257 g/mol. The van der Waals surface area contributed by atoms with E-state index in [0.717, 1.165) is 5.56 Å². The average Bonchev–Trinajstić information content (AvgIpc) is 2.24. The third kappa shape index (κ3) is 5.12. The average molecular weight is 269 g/mol. The second kappa shape index (κ2) is 6.40. The summed E-state index contributed by atoms with van der Waals surface area (Å²) < 4.78 is 35.8. The zero-order chi connectivity index (χ0) is 12.0. The third-order valence-electron chi connectivity index (χ3n) is 2.19. The molecule has 0 aromatic heterocycles. The van der Waals surface area contributed by atoms with Crippen molar-refractivity contribution in [3.8, 4) is 0 Å². The fraction of sp³-hybridized carbons (Fsp3) is 0.455. The Bertz CT molecular complexity index is 300. The molecule has 1 aromatic rings. The molecule has 5 heteroatoms. The number of alkyl halides is 4. The van der Waals surface area contributed by atoms with Crippen LogP contribution in [0.15, 0.2) is 30.3 Å². The van der Waals surface area contributed by atoms with Gasteiger partial charge in [0.05, 0.1) is 0 Å². The van der Waals surface area contributed by atoms with Gasteiger partial charge in [0, 0.05) is 11.6 Å². The van der Waals surface area contributed by atoms with E-state index in [4.69, 9.17) is 11.6 Å². The Morgan fingerprint density at radius 3 is 2.31 bits per heavy atom. The standard InChI is InChI=1S/C11H12ClF3S/c12-8-10(6-7-16-11(13,14)15)9-4-2-1-3-5-9/h1-5,10H,6-8H2. The monoisotopic (exact) mass is 268 g/mol. The summed E-state index contributed by atoms with van der Waals surface area (Å²) in [5.41, 5.74) is -3.15. The molecule has 1 unspecified atom stereocenters. The van der Waals surface area contributed by atoms with Crippen molar-refractivity contribution in [1.82, 2.24) is 0 Å². The van der Waals surface area contributed by atoms with E-state index in [1.54, 1.807) is 0 Å². The van der Waals surface area contributed by atoms with Gasteiger partial charge in [-0.05, 0) is 17.9 Å². The number of thioether (sulfide) groups is 1. The Labute approximate surface area is 102 Å². The van der Waals surface area contributed by atoms with Gasteiger partial charge in [-0.15, -0.1) is 11.6 Å². The van der Waals surface area contributed by atoms with E-state index in [9.17, 15) is 13.2 Å². The van der Waals surface area contributed by atoms with E-state index < -0.39 is 5.51 Å². The maximum absolute atomic E-state index is 11.9. The number of benzene rings is 1. The molecule has 1 rings (SSSR count). The molecule has 1 atom stereocenters. The molecule has 90 valence electrons. The van der Waals surface area contributed by atoms with Crippen LogP contribution in [-0.4, -0.2) is 17.1 Å². The fourth-order valence-corrected chi connectivity index (χ4v) is 2.34. The second-order valence-electron chi connectivity index (χ2n) is 3.34. The molecule has 0 aliphatic carbocycles. The van der Waals surface area contributed by atoms with Crippen LogP contribution in [0.1, 0.15) is 17.9 Å². The highest BCUT2D eigenvalue weighted by Gasteiger charge is 2.28. The summed E-state index contributed by atoms with van der Waals surface area (Å²) in [4.78, 5) is 0. The summed E-state index contributed by atoms with van der Waals surface area (Å²) in [7, 11) is 0. The molecule has 0 aliphatic heterocycles. The van der Waals surface area contributed by atoms with E-state index in [2.05, 4.69) is 0 Å². The first kappa shape index (κ1) is 13.7. The topological polar surface area (TPSA) is 0 Å². The summed E-state index contributed by atoms with van der Waals surface area (Å²) in [6.45, 7) is 0. The van der Waals surface area contributed by atoms with Gasteiger partial charge in [0.2, 0.25) is 0 Å².